The van der Waals surface area contributed by atoms with Gasteiger partial charge in [-0.3, -0.25) is 4.98 Å². The Kier molecular flexibility index (Phi) is 2.99. The van der Waals surface area contributed by atoms with Crippen molar-refractivity contribution < 1.29 is 0 Å². The van der Waals surface area contributed by atoms with E-state index >= 15 is 0 Å². The summed E-state index contributed by atoms with van der Waals surface area (Å²) in [4.78, 5) is 11.1. The first-order valence-electron chi connectivity index (χ1n) is 5.44. The zero-order chi connectivity index (χ0) is 10.8. The molecule has 3 rings (SSSR count). The molecule has 2 aromatic rings. The van der Waals surface area contributed by atoms with Crippen LogP contribution in [0.25, 0.3) is 0 Å². The van der Waals surface area contributed by atoms with Gasteiger partial charge in [-0.2, -0.15) is 0 Å². The van der Waals surface area contributed by atoms with Gasteiger partial charge in [0, 0.05) is 41.2 Å². The van der Waals surface area contributed by atoms with E-state index in [0.717, 1.165) is 19.0 Å². The van der Waals surface area contributed by atoms with E-state index in [9.17, 15) is 0 Å². The van der Waals surface area contributed by atoms with Gasteiger partial charge in [0.05, 0.1) is 10.5 Å². The average Bonchev–Trinajstić information content (AvgIpc) is 2.83. The fraction of sp³-hybridized carbons (Fsp3) is 0.455. The Labute approximate surface area is 103 Å². The summed E-state index contributed by atoms with van der Waals surface area (Å²) in [6, 6.07) is 0. The minimum Gasteiger partial charge on any atom is -0.307 e. The summed E-state index contributed by atoms with van der Waals surface area (Å²) >= 11 is 3.55. The van der Waals surface area contributed by atoms with Gasteiger partial charge < -0.3 is 5.32 Å². The number of aromatic nitrogens is 2. The van der Waals surface area contributed by atoms with Gasteiger partial charge in [-0.1, -0.05) is 0 Å². The van der Waals surface area contributed by atoms with Crippen molar-refractivity contribution in [2.75, 3.05) is 0 Å². The van der Waals surface area contributed by atoms with Crippen LogP contribution in [0.5, 0.6) is 0 Å². The zero-order valence-electron chi connectivity index (χ0n) is 8.85. The summed E-state index contributed by atoms with van der Waals surface area (Å²) < 4.78 is 0. The van der Waals surface area contributed by atoms with Crippen LogP contribution >= 0.6 is 22.7 Å². The van der Waals surface area contributed by atoms with E-state index in [0.29, 0.717) is 0 Å². The molecule has 2 heterocycles. The van der Waals surface area contributed by atoms with Gasteiger partial charge in [0.1, 0.15) is 0 Å². The van der Waals surface area contributed by atoms with Crippen LogP contribution in [0.1, 0.15) is 33.5 Å². The molecule has 0 atom stereocenters. The SMILES string of the molecule is c1ncc(CNCc2cnc(C3CC3)s2)s1. The minimum absolute atomic E-state index is 0.778. The van der Waals surface area contributed by atoms with E-state index in [-0.39, 0.29) is 0 Å². The van der Waals surface area contributed by atoms with Crippen molar-refractivity contribution in [3.63, 3.8) is 0 Å². The van der Waals surface area contributed by atoms with Crippen LogP contribution in [0.15, 0.2) is 17.9 Å². The van der Waals surface area contributed by atoms with Crippen LogP contribution in [-0.4, -0.2) is 9.97 Å². The molecule has 0 unspecified atom stereocenters. The third-order valence-corrected chi connectivity index (χ3v) is 4.52. The van der Waals surface area contributed by atoms with Crippen molar-refractivity contribution in [3.8, 4) is 0 Å². The van der Waals surface area contributed by atoms with Crippen molar-refractivity contribution in [2.24, 2.45) is 0 Å². The van der Waals surface area contributed by atoms with Gasteiger partial charge in [-0.25, -0.2) is 4.98 Å². The molecule has 1 aliphatic carbocycles. The lowest BCUT2D eigenvalue weighted by atomic mass is 10.4. The second-order valence-electron chi connectivity index (χ2n) is 4.01. The monoisotopic (exact) mass is 251 g/mol. The van der Waals surface area contributed by atoms with E-state index in [1.807, 2.05) is 29.2 Å². The number of nitrogens with zero attached hydrogens (tertiary/aromatic N) is 2. The van der Waals surface area contributed by atoms with Crippen molar-refractivity contribution in [2.45, 2.75) is 31.8 Å². The number of hydrogen-bond acceptors (Lipinski definition) is 5. The summed E-state index contributed by atoms with van der Waals surface area (Å²) in [5, 5.41) is 4.75. The summed E-state index contributed by atoms with van der Waals surface area (Å²) in [7, 11) is 0. The normalized spacial score (nSPS) is 15.5. The maximum atomic E-state index is 4.46. The van der Waals surface area contributed by atoms with E-state index < -0.39 is 0 Å². The number of hydrogen-bond donors (Lipinski definition) is 1. The van der Waals surface area contributed by atoms with Crippen molar-refractivity contribution in [1.82, 2.24) is 15.3 Å². The second-order valence-corrected chi connectivity index (χ2v) is 6.13. The Balaban J connectivity index is 1.50. The molecular formula is C11H13N3S2. The van der Waals surface area contributed by atoms with Crippen molar-refractivity contribution in [1.29, 1.82) is 0 Å². The number of nitrogens with one attached hydrogen (secondary N) is 1. The number of thiazole rings is 2. The lowest BCUT2D eigenvalue weighted by molar-refractivity contribution is 0.707. The Hall–Kier alpha value is -0.780. The fourth-order valence-corrected chi connectivity index (χ4v) is 3.18. The quantitative estimate of drug-likeness (QED) is 0.888. The molecule has 0 aliphatic heterocycles. The summed E-state index contributed by atoms with van der Waals surface area (Å²) in [5.74, 6) is 0.778. The van der Waals surface area contributed by atoms with Gasteiger partial charge in [-0.05, 0) is 12.8 Å². The highest BCUT2D eigenvalue weighted by molar-refractivity contribution is 7.11. The number of rotatable bonds is 5. The molecule has 1 saturated carbocycles. The first-order valence-corrected chi connectivity index (χ1v) is 7.14. The standard InChI is InChI=1S/C11H13N3S2/c1-2-8(1)11-14-6-10(16-11)5-12-3-9-4-13-7-15-9/h4,6-8,12H,1-3,5H2. The van der Waals surface area contributed by atoms with E-state index in [1.54, 1.807) is 11.3 Å². The molecule has 0 amide bonds. The molecule has 0 aromatic carbocycles. The smallest absolute Gasteiger partial charge is 0.0959 e. The summed E-state index contributed by atoms with van der Waals surface area (Å²) in [6.07, 6.45) is 6.60. The van der Waals surface area contributed by atoms with Crippen LogP contribution in [-0.2, 0) is 13.1 Å². The molecule has 0 bridgehead atoms. The maximum absolute atomic E-state index is 4.46. The molecule has 16 heavy (non-hydrogen) atoms. The highest BCUT2D eigenvalue weighted by Crippen LogP contribution is 2.41. The molecule has 0 spiro atoms. The minimum atomic E-state index is 0.778. The molecule has 2 aromatic heterocycles. The molecule has 0 saturated heterocycles. The molecule has 1 fully saturated rings. The molecule has 84 valence electrons. The van der Waals surface area contributed by atoms with Crippen LogP contribution in [0, 0.1) is 0 Å². The Morgan fingerprint density at radius 2 is 2.12 bits per heavy atom. The Bertz CT molecular complexity index is 446. The van der Waals surface area contributed by atoms with Crippen LogP contribution < -0.4 is 5.32 Å². The van der Waals surface area contributed by atoms with Gasteiger partial charge in [0.15, 0.2) is 0 Å². The van der Waals surface area contributed by atoms with Crippen LogP contribution in [0.2, 0.25) is 0 Å². The third-order valence-electron chi connectivity index (χ3n) is 2.58. The molecule has 5 heteroatoms. The molecule has 0 radical (unpaired) electrons. The first kappa shape index (κ1) is 10.4. The molecule has 3 nitrogen and oxygen atoms in total. The molecular weight excluding hydrogens is 238 g/mol. The largest absolute Gasteiger partial charge is 0.307 e. The topological polar surface area (TPSA) is 37.8 Å². The predicted octanol–water partition coefficient (Wildman–Crippen LogP) is 2.77. The van der Waals surface area contributed by atoms with Gasteiger partial charge in [0.2, 0.25) is 0 Å². The Morgan fingerprint density at radius 1 is 1.25 bits per heavy atom. The van der Waals surface area contributed by atoms with Gasteiger partial charge in [-0.15, -0.1) is 22.7 Å². The zero-order valence-corrected chi connectivity index (χ0v) is 10.5. The first-order chi connectivity index (χ1) is 7.92. The lowest BCUT2D eigenvalue weighted by Crippen LogP contribution is -2.10. The highest BCUT2D eigenvalue weighted by atomic mass is 32.1. The van der Waals surface area contributed by atoms with Gasteiger partial charge in [0.25, 0.3) is 0 Å². The maximum Gasteiger partial charge on any atom is 0.0959 e. The highest BCUT2D eigenvalue weighted by Gasteiger charge is 2.26. The summed E-state index contributed by atoms with van der Waals surface area (Å²) in [6.45, 7) is 1.82. The third kappa shape index (κ3) is 2.48. The lowest BCUT2D eigenvalue weighted by Gasteiger charge is -1.98. The van der Waals surface area contributed by atoms with E-state index in [4.69, 9.17) is 0 Å². The fourth-order valence-electron chi connectivity index (χ4n) is 1.56. The van der Waals surface area contributed by atoms with Crippen LogP contribution in [0.4, 0.5) is 0 Å². The van der Waals surface area contributed by atoms with Crippen molar-refractivity contribution >= 4 is 22.7 Å². The van der Waals surface area contributed by atoms with Crippen LogP contribution in [0.3, 0.4) is 0 Å². The predicted molar refractivity (Wildman–Crippen MR) is 66.7 cm³/mol. The molecule has 1 N–H and O–H groups in total. The van der Waals surface area contributed by atoms with E-state index in [1.165, 1.54) is 27.6 Å². The Morgan fingerprint density at radius 3 is 2.88 bits per heavy atom. The average molecular weight is 251 g/mol. The molecule has 1 aliphatic rings. The van der Waals surface area contributed by atoms with Gasteiger partial charge >= 0.3 is 0 Å². The second kappa shape index (κ2) is 4.61. The van der Waals surface area contributed by atoms with Crippen molar-refractivity contribution in [3.05, 3.63) is 32.7 Å². The van der Waals surface area contributed by atoms with E-state index in [2.05, 4.69) is 15.3 Å². The summed E-state index contributed by atoms with van der Waals surface area (Å²) in [5.41, 5.74) is 1.87.